The summed E-state index contributed by atoms with van der Waals surface area (Å²) in [5.74, 6) is -1.07. The molecule has 7 heteroatoms. The van der Waals surface area contributed by atoms with Crippen LogP contribution in [0.3, 0.4) is 0 Å². The van der Waals surface area contributed by atoms with E-state index in [0.29, 0.717) is 0 Å². The predicted octanol–water partition coefficient (Wildman–Crippen LogP) is 2.11. The van der Waals surface area contributed by atoms with Gasteiger partial charge in [0, 0.05) is 0 Å². The fourth-order valence-corrected chi connectivity index (χ4v) is 1.22. The van der Waals surface area contributed by atoms with Crippen molar-refractivity contribution in [2.75, 3.05) is 7.11 Å². The second-order valence-corrected chi connectivity index (χ2v) is 2.86. The lowest BCUT2D eigenvalue weighted by Crippen LogP contribution is -2.04. The predicted molar refractivity (Wildman–Crippen MR) is 47.6 cm³/mol. The van der Waals surface area contributed by atoms with E-state index in [9.17, 15) is 18.7 Å². The average molecular weight is 238 g/mol. The highest BCUT2D eigenvalue weighted by Gasteiger charge is 2.26. The van der Waals surface area contributed by atoms with Crippen molar-refractivity contribution in [1.82, 2.24) is 4.98 Å². The third kappa shape index (κ3) is 2.15. The lowest BCUT2D eigenvalue weighted by molar-refractivity contribution is 0.105. The molecule has 0 aliphatic heterocycles. The SMILES string of the molecule is COc1c(O)cnc(C(=O)Cl)c1C(F)F. The Bertz CT molecular complexity index is 398. The smallest absolute Gasteiger partial charge is 0.271 e. The molecule has 15 heavy (non-hydrogen) atoms. The minimum Gasteiger partial charge on any atom is -0.503 e. The number of ether oxygens (including phenoxy) is 1. The van der Waals surface area contributed by atoms with Gasteiger partial charge in [0.05, 0.1) is 18.9 Å². The molecule has 0 unspecified atom stereocenters. The topological polar surface area (TPSA) is 59.4 Å². The van der Waals surface area contributed by atoms with Gasteiger partial charge in [-0.15, -0.1) is 0 Å². The number of aromatic hydroxyl groups is 1. The molecule has 0 aliphatic carbocycles. The number of pyridine rings is 1. The van der Waals surface area contributed by atoms with Gasteiger partial charge in [-0.05, 0) is 11.6 Å². The van der Waals surface area contributed by atoms with E-state index in [0.717, 1.165) is 13.3 Å². The molecule has 4 nitrogen and oxygen atoms in total. The Balaban J connectivity index is 3.49. The molecule has 82 valence electrons. The van der Waals surface area contributed by atoms with Crippen molar-refractivity contribution in [2.24, 2.45) is 0 Å². The van der Waals surface area contributed by atoms with E-state index in [1.165, 1.54) is 0 Å². The van der Waals surface area contributed by atoms with E-state index >= 15 is 0 Å². The number of carbonyl (C=O) groups is 1. The minimum atomic E-state index is -3.02. The summed E-state index contributed by atoms with van der Waals surface area (Å²) >= 11 is 5.06. The first-order valence-corrected chi connectivity index (χ1v) is 4.10. The van der Waals surface area contributed by atoms with Gasteiger partial charge in [-0.2, -0.15) is 0 Å². The third-order valence-corrected chi connectivity index (χ3v) is 1.84. The summed E-state index contributed by atoms with van der Waals surface area (Å²) in [7, 11) is 1.09. The molecule has 0 aromatic carbocycles. The minimum absolute atomic E-state index is 0.496. The van der Waals surface area contributed by atoms with Gasteiger partial charge < -0.3 is 9.84 Å². The van der Waals surface area contributed by atoms with Gasteiger partial charge >= 0.3 is 0 Å². The Hall–Kier alpha value is -1.43. The van der Waals surface area contributed by atoms with Gasteiger partial charge in [0.25, 0.3) is 11.7 Å². The zero-order valence-corrected chi connectivity index (χ0v) is 8.26. The largest absolute Gasteiger partial charge is 0.503 e. The van der Waals surface area contributed by atoms with Crippen molar-refractivity contribution in [1.29, 1.82) is 0 Å². The molecule has 0 aliphatic rings. The fourth-order valence-electron chi connectivity index (χ4n) is 1.07. The summed E-state index contributed by atoms with van der Waals surface area (Å²) in [5.41, 5.74) is -1.43. The van der Waals surface area contributed by atoms with Crippen molar-refractivity contribution in [3.8, 4) is 11.5 Å². The fraction of sp³-hybridized carbons (Fsp3) is 0.250. The molecule has 0 saturated heterocycles. The normalized spacial score (nSPS) is 10.5. The maximum atomic E-state index is 12.6. The van der Waals surface area contributed by atoms with E-state index in [1.54, 1.807) is 0 Å². The van der Waals surface area contributed by atoms with Crippen LogP contribution < -0.4 is 4.74 Å². The molecule has 0 spiro atoms. The van der Waals surface area contributed by atoms with Crippen LogP contribution in [0.15, 0.2) is 6.20 Å². The molecule has 1 aromatic rings. The zero-order valence-electron chi connectivity index (χ0n) is 7.50. The molecular formula is C8H6ClF2NO3. The van der Waals surface area contributed by atoms with Crippen LogP contribution in [-0.4, -0.2) is 22.4 Å². The number of aromatic nitrogens is 1. The maximum absolute atomic E-state index is 12.6. The lowest BCUT2D eigenvalue weighted by atomic mass is 10.2. The van der Waals surface area contributed by atoms with E-state index in [1.807, 2.05) is 0 Å². The van der Waals surface area contributed by atoms with Gasteiger partial charge in [-0.25, -0.2) is 13.8 Å². The standard InChI is InChI=1S/C8H6ClF2NO3/c1-15-6-3(13)2-12-5(7(9)14)4(6)8(10)11/h2,8,13H,1H3. The summed E-state index contributed by atoms with van der Waals surface area (Å²) in [6.07, 6.45) is -2.20. The van der Waals surface area contributed by atoms with E-state index in [2.05, 4.69) is 9.72 Å². The number of hydrogen-bond acceptors (Lipinski definition) is 4. The Morgan fingerprint density at radius 3 is 2.67 bits per heavy atom. The summed E-state index contributed by atoms with van der Waals surface area (Å²) in [4.78, 5) is 14.1. The molecule has 0 saturated carbocycles. The summed E-state index contributed by atoms with van der Waals surface area (Å²) < 4.78 is 29.7. The van der Waals surface area contributed by atoms with Crippen LogP contribution in [0.25, 0.3) is 0 Å². The van der Waals surface area contributed by atoms with Gasteiger partial charge in [0.15, 0.2) is 11.5 Å². The van der Waals surface area contributed by atoms with Crippen LogP contribution in [0.5, 0.6) is 11.5 Å². The van der Waals surface area contributed by atoms with Crippen molar-refractivity contribution < 1.29 is 23.4 Å². The molecule has 1 heterocycles. The number of alkyl halides is 2. The highest BCUT2D eigenvalue weighted by Crippen LogP contribution is 2.37. The number of hydrogen-bond donors (Lipinski definition) is 1. The molecule has 0 fully saturated rings. The van der Waals surface area contributed by atoms with Crippen LogP contribution in [0.4, 0.5) is 8.78 Å². The molecule has 1 rings (SSSR count). The van der Waals surface area contributed by atoms with Gasteiger partial charge in [-0.3, -0.25) is 4.79 Å². The van der Waals surface area contributed by atoms with E-state index < -0.39 is 34.4 Å². The second kappa shape index (κ2) is 4.39. The Morgan fingerprint density at radius 1 is 1.67 bits per heavy atom. The van der Waals surface area contributed by atoms with E-state index in [-0.39, 0.29) is 0 Å². The van der Waals surface area contributed by atoms with Crippen molar-refractivity contribution in [3.63, 3.8) is 0 Å². The molecular weight excluding hydrogens is 232 g/mol. The summed E-state index contributed by atoms with van der Waals surface area (Å²) in [6.45, 7) is 0. The molecule has 0 radical (unpaired) electrons. The van der Waals surface area contributed by atoms with E-state index in [4.69, 9.17) is 11.6 Å². The third-order valence-electron chi connectivity index (χ3n) is 1.66. The monoisotopic (exact) mass is 237 g/mol. The zero-order chi connectivity index (χ0) is 11.6. The number of carbonyl (C=O) groups excluding carboxylic acids is 1. The molecule has 0 atom stereocenters. The van der Waals surface area contributed by atoms with Gasteiger partial charge in [-0.1, -0.05) is 0 Å². The molecule has 1 aromatic heterocycles. The summed E-state index contributed by atoms with van der Waals surface area (Å²) in [5, 5.41) is 8.04. The number of halogens is 3. The van der Waals surface area contributed by atoms with Crippen molar-refractivity contribution in [3.05, 3.63) is 17.5 Å². The van der Waals surface area contributed by atoms with Crippen molar-refractivity contribution >= 4 is 16.8 Å². The number of rotatable bonds is 3. The highest BCUT2D eigenvalue weighted by molar-refractivity contribution is 6.67. The number of nitrogens with zero attached hydrogens (tertiary/aromatic N) is 1. The second-order valence-electron chi connectivity index (χ2n) is 2.51. The Labute approximate surface area is 88.4 Å². The van der Waals surface area contributed by atoms with Gasteiger partial charge in [0.2, 0.25) is 0 Å². The molecule has 0 bridgehead atoms. The van der Waals surface area contributed by atoms with Crippen LogP contribution in [-0.2, 0) is 0 Å². The Kier molecular flexibility index (Phi) is 3.41. The highest BCUT2D eigenvalue weighted by atomic mass is 35.5. The Morgan fingerprint density at radius 2 is 2.27 bits per heavy atom. The lowest BCUT2D eigenvalue weighted by Gasteiger charge is -2.11. The van der Waals surface area contributed by atoms with Crippen LogP contribution >= 0.6 is 11.6 Å². The summed E-state index contributed by atoms with van der Waals surface area (Å²) in [6, 6.07) is 0. The van der Waals surface area contributed by atoms with Gasteiger partial charge in [0.1, 0.15) is 5.69 Å². The molecule has 0 amide bonds. The number of methoxy groups -OCH3 is 1. The average Bonchev–Trinajstić information content (AvgIpc) is 2.16. The maximum Gasteiger partial charge on any atom is 0.271 e. The first-order chi connectivity index (χ1) is 6.99. The first-order valence-electron chi connectivity index (χ1n) is 3.72. The van der Waals surface area contributed by atoms with Crippen molar-refractivity contribution in [2.45, 2.75) is 6.43 Å². The quantitative estimate of drug-likeness (QED) is 0.818. The first kappa shape index (κ1) is 11.6. The van der Waals surface area contributed by atoms with Crippen LogP contribution in [0.2, 0.25) is 0 Å². The van der Waals surface area contributed by atoms with Crippen LogP contribution in [0, 0.1) is 0 Å². The molecule has 1 N–H and O–H groups in total. The van der Waals surface area contributed by atoms with Crippen LogP contribution in [0.1, 0.15) is 22.5 Å².